The molecule has 4 fully saturated rings. The lowest BCUT2D eigenvalue weighted by atomic mass is 9.73. The lowest BCUT2D eigenvalue weighted by Gasteiger charge is -2.32. The number of unbranched alkanes of at least 4 members (excludes halogenated alkanes) is 8. The molecular formula is C106H156O30. The third kappa shape index (κ3) is 35.2. The van der Waals surface area contributed by atoms with Gasteiger partial charge in [-0.1, -0.05) is 128 Å². The summed E-state index contributed by atoms with van der Waals surface area (Å²) in [7, 11) is 3.15. The van der Waals surface area contributed by atoms with Crippen LogP contribution in [0.4, 0.5) is 9.59 Å². The van der Waals surface area contributed by atoms with Gasteiger partial charge in [0.1, 0.15) is 67.2 Å². The van der Waals surface area contributed by atoms with Crippen molar-refractivity contribution in [1.29, 1.82) is 0 Å². The van der Waals surface area contributed by atoms with E-state index in [1.807, 2.05) is 48.5 Å². The van der Waals surface area contributed by atoms with Crippen molar-refractivity contribution in [1.82, 2.24) is 0 Å². The van der Waals surface area contributed by atoms with Crippen LogP contribution in [0.25, 0.3) is 0 Å². The van der Waals surface area contributed by atoms with Crippen LogP contribution in [0.2, 0.25) is 0 Å². The Morgan fingerprint density at radius 3 is 0.868 bits per heavy atom. The first-order chi connectivity index (χ1) is 65.7. The van der Waals surface area contributed by atoms with Gasteiger partial charge in [-0.3, -0.25) is 4.79 Å². The van der Waals surface area contributed by atoms with Crippen LogP contribution in [0, 0.1) is 71.0 Å². The number of carboxylic acids is 4. The lowest BCUT2D eigenvalue weighted by molar-refractivity contribution is -0.153. The Hall–Kier alpha value is -8.88. The zero-order chi connectivity index (χ0) is 98.0. The highest BCUT2D eigenvalue weighted by Gasteiger charge is 2.50. The monoisotopic (exact) mass is 1910 g/mol. The standard InChI is InChI=1S/C29H44O9.C27H40O8.C25H36O7.C25H36O6/c1-3-4-5-8-22(38-29(33)36-15-14-35-13-12-34-2)10-11-23-24-16-20-7-6-9-27(37-19-28(31)32)25(20)17-21(24)18-26(23)30;1-3-4-5-8-20(35-27(31)33-13-12-32-2)10-11-21-22-14-18-7-6-9-25(34-17-26(29)30)23(18)15-19(22)16-24(21)28;1-2-3-4-7-18(32-25(30)14-26)9-10-19-20-11-16-6-5-8-23(31-15-24(28)29)21(16)12-17(20)13-22(19)27;1-3-4-5-8-19(31-16(2)26)10-11-20-21-12-17-7-6-9-24(30-15-25(28)29)22(17)13-18(21)14-23(20)27/h6-7,9,21-24,26,30H,3-5,8,10-19H2,1-2H3,(H,31,32);6-7,9,19-22,24,28H,3-5,8,10-17H2,1-2H3,(H,29,30);5-6,8,17-20,22,26-27H,2-4,7,9-15H2,1H3,(H,28,29);6-7,9,18-21,23,27H,3-5,8,10-15H2,1-2H3,(H,28,29)/t21-,22-,23+,24-,26+;19-,20-,21+,22-,24+;17-,18-,19+,20-,22+;18-,19-,20+,21-,23+/m0000/s1. The summed E-state index contributed by atoms with van der Waals surface area (Å²) in [4.78, 5) is 91.3. The van der Waals surface area contributed by atoms with Crippen LogP contribution in [-0.4, -0.2) is 230 Å². The van der Waals surface area contributed by atoms with Gasteiger partial charge < -0.3 is 108 Å². The molecule has 20 atom stereocenters. The lowest BCUT2D eigenvalue weighted by Crippen LogP contribution is -2.29. The first kappa shape index (κ1) is 111. The second-order valence-corrected chi connectivity index (χ2v) is 38.6. The molecule has 30 nitrogen and oxygen atoms in total. The van der Waals surface area contributed by atoms with Gasteiger partial charge in [-0.2, -0.15) is 0 Å². The highest BCUT2D eigenvalue weighted by atomic mass is 16.7. The minimum Gasteiger partial charge on any atom is -0.482 e. The zero-order valence-electron chi connectivity index (χ0n) is 81.3. The molecule has 9 N–H and O–H groups in total. The Morgan fingerprint density at radius 1 is 0.338 bits per heavy atom. The summed E-state index contributed by atoms with van der Waals surface area (Å²) in [6.07, 6.45) is 27.9. The smallest absolute Gasteiger partial charge is 0.482 e. The Balaban J connectivity index is 0.000000204. The van der Waals surface area contributed by atoms with E-state index in [0.717, 1.165) is 228 Å². The van der Waals surface area contributed by atoms with Gasteiger partial charge in [-0.05, 0) is 320 Å². The molecule has 0 bridgehead atoms. The topological polar surface area (TPSA) is 439 Å². The van der Waals surface area contributed by atoms with Gasteiger partial charge in [0.25, 0.3) is 0 Å². The van der Waals surface area contributed by atoms with Gasteiger partial charge >= 0.3 is 48.1 Å². The fourth-order valence-corrected chi connectivity index (χ4v) is 22.8. The van der Waals surface area contributed by atoms with Gasteiger partial charge in [-0.15, -0.1) is 0 Å². The average Bonchev–Trinajstić information content (AvgIpc) is 1.64. The molecule has 136 heavy (non-hydrogen) atoms. The van der Waals surface area contributed by atoms with E-state index < -0.39 is 67.1 Å². The van der Waals surface area contributed by atoms with E-state index in [-0.39, 0.29) is 99.8 Å². The number of esters is 2. The van der Waals surface area contributed by atoms with Crippen molar-refractivity contribution < 1.29 is 146 Å². The maximum absolute atomic E-state index is 12.3. The first-order valence-electron chi connectivity index (χ1n) is 50.4. The Morgan fingerprint density at radius 2 is 0.603 bits per heavy atom. The van der Waals surface area contributed by atoms with E-state index in [0.29, 0.717) is 122 Å². The molecule has 0 unspecified atom stereocenters. The Labute approximate surface area is 802 Å². The maximum Gasteiger partial charge on any atom is 0.508 e. The summed E-state index contributed by atoms with van der Waals surface area (Å²) in [5, 5.41) is 88.5. The van der Waals surface area contributed by atoms with E-state index in [1.165, 1.54) is 29.2 Å². The van der Waals surface area contributed by atoms with Gasteiger partial charge in [0.15, 0.2) is 26.4 Å². The summed E-state index contributed by atoms with van der Waals surface area (Å²) < 4.78 is 69.9. The van der Waals surface area contributed by atoms with Gasteiger partial charge in [0, 0.05) is 21.1 Å². The number of hydrogen-bond donors (Lipinski definition) is 9. The second kappa shape index (κ2) is 58.9. The molecule has 0 aromatic heterocycles. The zero-order valence-corrected chi connectivity index (χ0v) is 81.3. The molecule has 4 saturated carbocycles. The van der Waals surface area contributed by atoms with Gasteiger partial charge in [-0.25, -0.2) is 33.6 Å². The first-order valence-corrected chi connectivity index (χ1v) is 50.4. The van der Waals surface area contributed by atoms with E-state index in [9.17, 15) is 58.8 Å². The second-order valence-electron chi connectivity index (χ2n) is 38.6. The molecule has 0 saturated heterocycles. The minimum atomic E-state index is -0.998. The van der Waals surface area contributed by atoms with Crippen LogP contribution < -0.4 is 18.9 Å². The Bertz CT molecular complexity index is 4300. The van der Waals surface area contributed by atoms with Crippen LogP contribution in [0.3, 0.4) is 0 Å². The summed E-state index contributed by atoms with van der Waals surface area (Å²) in [6, 6.07) is 23.3. The third-order valence-corrected chi connectivity index (χ3v) is 29.3. The van der Waals surface area contributed by atoms with Crippen molar-refractivity contribution in [3.63, 3.8) is 0 Å². The summed E-state index contributed by atoms with van der Waals surface area (Å²) in [5.41, 5.74) is 9.00. The molecule has 12 rings (SSSR count). The molecule has 760 valence electrons. The highest BCUT2D eigenvalue weighted by Crippen LogP contribution is 2.54. The number of carbonyl (C=O) groups is 8. The van der Waals surface area contributed by atoms with E-state index in [2.05, 4.69) is 52.0 Å². The number of aliphatic hydroxyl groups is 5. The van der Waals surface area contributed by atoms with Crippen molar-refractivity contribution in [2.24, 2.45) is 71.0 Å². The number of rotatable bonds is 54. The van der Waals surface area contributed by atoms with Crippen molar-refractivity contribution in [3.8, 4) is 23.0 Å². The summed E-state index contributed by atoms with van der Waals surface area (Å²) in [5.74, 6) is 1.13. The molecule has 0 amide bonds. The van der Waals surface area contributed by atoms with Gasteiger partial charge in [0.05, 0.1) is 50.8 Å². The van der Waals surface area contributed by atoms with Crippen molar-refractivity contribution >= 4 is 48.1 Å². The number of carbonyl (C=O) groups excluding carboxylic acids is 4. The summed E-state index contributed by atoms with van der Waals surface area (Å²) in [6.45, 7) is 9.87. The summed E-state index contributed by atoms with van der Waals surface area (Å²) >= 11 is 0. The predicted octanol–water partition coefficient (Wildman–Crippen LogP) is 16.1. The van der Waals surface area contributed by atoms with Crippen molar-refractivity contribution in [3.05, 3.63) is 117 Å². The number of fused-ring (bicyclic) bond motifs is 8. The number of aliphatic hydroxyl groups excluding tert-OH is 5. The number of ether oxygens (including phenoxy) is 13. The largest absolute Gasteiger partial charge is 0.508 e. The SMILES string of the molecule is CCCCC[C@@H](CC[C@@H]1[C@H]2Cc3cccc(OCC(=O)O)c3C[C@H]2C[C@H]1O)OC(=O)CO.CCCCC[C@@H](CC[C@@H]1[C@H]2Cc3cccc(OCC(=O)O)c3C[C@H]2C[C@H]1O)OC(=O)OCCOC.CCCCC[C@@H](CC[C@@H]1[C@H]2Cc3cccc(OCC(=O)O)c3C[C@H]2C[C@H]1O)OC(=O)OCCOCCOC.CCCCC[C@@H](CC[C@@H]1[C@H]2Cc3cccc(OCC(=O)O)c3C[C@H]2C[C@H]1O)OC(C)=O. The number of aliphatic carboxylic acids is 4. The average molecular weight is 1910 g/mol. The highest BCUT2D eigenvalue weighted by molar-refractivity contribution is 5.71. The van der Waals surface area contributed by atoms with Crippen molar-refractivity contribution in [2.75, 3.05) is 86.9 Å². The van der Waals surface area contributed by atoms with Crippen LogP contribution in [0.1, 0.15) is 259 Å². The third-order valence-electron chi connectivity index (χ3n) is 29.3. The minimum absolute atomic E-state index is 0.0674. The fraction of sp³-hybridized carbons (Fsp3) is 0.698. The molecular weight excluding hydrogens is 1750 g/mol. The predicted molar refractivity (Wildman–Crippen MR) is 505 cm³/mol. The van der Waals surface area contributed by atoms with Crippen molar-refractivity contribution in [2.45, 2.75) is 315 Å². The van der Waals surface area contributed by atoms with Crippen LogP contribution in [-0.2, 0) is 123 Å². The quantitative estimate of drug-likeness (QED) is 0.0113. The maximum atomic E-state index is 12.3. The molecule has 30 heteroatoms. The van der Waals surface area contributed by atoms with Crippen LogP contribution >= 0.6 is 0 Å². The Kier molecular flexibility index (Phi) is 47.9. The fourth-order valence-electron chi connectivity index (χ4n) is 22.8. The van der Waals surface area contributed by atoms with E-state index >= 15 is 0 Å². The molecule has 8 aliphatic rings. The van der Waals surface area contributed by atoms with E-state index in [1.54, 1.807) is 14.2 Å². The number of benzene rings is 4. The molecule has 0 radical (unpaired) electrons. The number of methoxy groups -OCH3 is 2. The number of hydrogen-bond acceptors (Lipinski definition) is 26. The normalized spacial score (nSPS) is 24.1. The molecule has 8 aliphatic carbocycles. The molecule has 0 aliphatic heterocycles. The van der Waals surface area contributed by atoms with Gasteiger partial charge in [0.2, 0.25) is 0 Å². The molecule has 4 aromatic carbocycles. The van der Waals surface area contributed by atoms with Crippen LogP contribution in [0.5, 0.6) is 23.0 Å². The molecule has 0 spiro atoms. The molecule has 0 heterocycles. The number of carboxylic acid groups (broad SMARTS) is 4. The van der Waals surface area contributed by atoms with E-state index in [4.69, 9.17) is 87.1 Å². The molecule has 4 aromatic rings. The van der Waals surface area contributed by atoms with Crippen LogP contribution in [0.15, 0.2) is 72.8 Å².